The molecule has 1 aliphatic heterocycles. The number of hydrogen-bond donors (Lipinski definition) is 0. The molecule has 3 aromatic rings. The van der Waals surface area contributed by atoms with E-state index in [1.807, 2.05) is 30.3 Å². The highest BCUT2D eigenvalue weighted by atomic mass is 32.2. The number of nitrogens with zero attached hydrogens (tertiary/aromatic N) is 2. The Morgan fingerprint density at radius 1 is 0.944 bits per heavy atom. The van der Waals surface area contributed by atoms with Crippen molar-refractivity contribution in [3.63, 3.8) is 0 Å². The number of benzene rings is 2. The summed E-state index contributed by atoms with van der Waals surface area (Å²) in [5, 5.41) is 1.68. The van der Waals surface area contributed by atoms with Crippen LogP contribution in [0.3, 0.4) is 0 Å². The maximum atomic E-state index is 12.3. The van der Waals surface area contributed by atoms with Gasteiger partial charge >= 0.3 is 6.16 Å². The summed E-state index contributed by atoms with van der Waals surface area (Å²) in [6.45, 7) is 6.51. The second kappa shape index (κ2) is 10.4. The zero-order valence-electron chi connectivity index (χ0n) is 21.0. The van der Waals surface area contributed by atoms with E-state index in [1.54, 1.807) is 38.1 Å². The first-order chi connectivity index (χ1) is 17.0. The normalized spacial score (nSPS) is 19.0. The van der Waals surface area contributed by atoms with Crippen molar-refractivity contribution >= 4 is 16.0 Å². The fourth-order valence-corrected chi connectivity index (χ4v) is 5.14. The summed E-state index contributed by atoms with van der Waals surface area (Å²) >= 11 is 0. The smallest absolute Gasteiger partial charge is 0.427 e. The number of carbonyl (C=O) groups excluding carboxylic acids is 1. The van der Waals surface area contributed by atoms with E-state index in [2.05, 4.69) is 29.2 Å². The van der Waals surface area contributed by atoms with E-state index in [0.29, 0.717) is 13.1 Å². The van der Waals surface area contributed by atoms with E-state index in [4.69, 9.17) is 9.57 Å². The molecule has 0 saturated carbocycles. The number of hydrogen-bond acceptors (Lipinski definition) is 7. The Balaban J connectivity index is 1.65. The van der Waals surface area contributed by atoms with Crippen molar-refractivity contribution in [2.45, 2.75) is 49.5 Å². The number of rotatable bonds is 5. The molecule has 190 valence electrons. The SMILES string of the molecule is CC(C)(C)OC(=O)ON1CC[C@H](c2ccccc2)[C@@H](c2cccc(-c3cncc(S(C)(=O)=O)c3)c2)C1. The van der Waals surface area contributed by atoms with Gasteiger partial charge in [0, 0.05) is 43.2 Å². The Kier molecular flexibility index (Phi) is 7.47. The maximum absolute atomic E-state index is 12.3. The average molecular weight is 509 g/mol. The van der Waals surface area contributed by atoms with Crippen LogP contribution in [0.4, 0.5) is 4.79 Å². The summed E-state index contributed by atoms with van der Waals surface area (Å²) in [5.41, 5.74) is 3.27. The third kappa shape index (κ3) is 6.50. The summed E-state index contributed by atoms with van der Waals surface area (Å²) in [6.07, 6.45) is 4.29. The molecule has 0 aliphatic carbocycles. The minimum Gasteiger partial charge on any atom is -0.427 e. The molecule has 0 radical (unpaired) electrons. The lowest BCUT2D eigenvalue weighted by Gasteiger charge is -2.38. The summed E-state index contributed by atoms with van der Waals surface area (Å²) in [7, 11) is -3.37. The largest absolute Gasteiger partial charge is 0.528 e. The Hall–Kier alpha value is -3.23. The van der Waals surface area contributed by atoms with Crippen molar-refractivity contribution in [3.8, 4) is 11.1 Å². The molecule has 2 heterocycles. The Morgan fingerprint density at radius 3 is 2.36 bits per heavy atom. The quantitative estimate of drug-likeness (QED) is 0.415. The van der Waals surface area contributed by atoms with E-state index in [-0.39, 0.29) is 16.7 Å². The van der Waals surface area contributed by atoms with Gasteiger partial charge in [-0.2, -0.15) is 0 Å². The molecule has 7 nitrogen and oxygen atoms in total. The number of carbonyl (C=O) groups is 1. The van der Waals surface area contributed by atoms with Gasteiger partial charge in [-0.3, -0.25) is 4.98 Å². The van der Waals surface area contributed by atoms with E-state index in [0.717, 1.165) is 23.1 Å². The molecule has 0 spiro atoms. The predicted octanol–water partition coefficient (Wildman–Crippen LogP) is 5.59. The van der Waals surface area contributed by atoms with Crippen molar-refractivity contribution in [1.82, 2.24) is 10.0 Å². The van der Waals surface area contributed by atoms with Crippen molar-refractivity contribution in [2.24, 2.45) is 0 Å². The topological polar surface area (TPSA) is 85.8 Å². The number of hydroxylamine groups is 2. The van der Waals surface area contributed by atoms with Gasteiger partial charge in [0.05, 0.1) is 4.90 Å². The van der Waals surface area contributed by atoms with Gasteiger partial charge in [0.2, 0.25) is 0 Å². The third-order valence-electron chi connectivity index (χ3n) is 6.19. The lowest BCUT2D eigenvalue weighted by Crippen LogP contribution is -2.40. The first kappa shape index (κ1) is 25.9. The van der Waals surface area contributed by atoms with Crippen LogP contribution < -0.4 is 0 Å². The molecule has 2 aromatic carbocycles. The Morgan fingerprint density at radius 2 is 1.67 bits per heavy atom. The average Bonchev–Trinajstić information content (AvgIpc) is 2.83. The van der Waals surface area contributed by atoms with Crippen LogP contribution in [-0.4, -0.2) is 49.6 Å². The summed E-state index contributed by atoms with van der Waals surface area (Å²) in [6, 6.07) is 20.0. The van der Waals surface area contributed by atoms with Crippen LogP contribution in [0.1, 0.15) is 50.2 Å². The number of ether oxygens (including phenoxy) is 1. The fourth-order valence-electron chi connectivity index (χ4n) is 4.54. The molecule has 0 bridgehead atoms. The Bertz CT molecular complexity index is 1320. The van der Waals surface area contributed by atoms with Gasteiger partial charge in [-0.25, -0.2) is 13.2 Å². The molecule has 1 aromatic heterocycles. The van der Waals surface area contributed by atoms with Crippen LogP contribution >= 0.6 is 0 Å². The number of aromatic nitrogens is 1. The zero-order valence-corrected chi connectivity index (χ0v) is 21.9. The van der Waals surface area contributed by atoms with Gasteiger partial charge in [0.1, 0.15) is 5.60 Å². The van der Waals surface area contributed by atoms with Crippen molar-refractivity contribution in [1.29, 1.82) is 0 Å². The molecule has 36 heavy (non-hydrogen) atoms. The van der Waals surface area contributed by atoms with Gasteiger partial charge in [-0.1, -0.05) is 54.6 Å². The highest BCUT2D eigenvalue weighted by Crippen LogP contribution is 2.41. The van der Waals surface area contributed by atoms with Gasteiger partial charge in [-0.05, 0) is 55.9 Å². The molecule has 1 aliphatic rings. The minimum absolute atomic E-state index is 0.0367. The standard InChI is InChI=1S/C28H32N2O5S/c1-28(2,3)34-27(31)35-30-14-13-25(20-9-6-5-7-10-20)26(19-30)22-12-8-11-21(15-22)23-16-24(18-29-17-23)36(4,32)33/h5-12,15-18,25-26H,13-14,19H2,1-4H3/t25-,26-/m1/s1. The molecule has 8 heteroatoms. The monoisotopic (exact) mass is 508 g/mol. The second-order valence-electron chi connectivity index (χ2n) is 10.2. The molecule has 1 fully saturated rings. The number of pyridine rings is 1. The molecular weight excluding hydrogens is 476 g/mol. The lowest BCUT2D eigenvalue weighted by atomic mass is 9.77. The summed E-state index contributed by atoms with van der Waals surface area (Å²) in [5.74, 6) is 0.259. The van der Waals surface area contributed by atoms with Crippen molar-refractivity contribution in [3.05, 3.63) is 84.2 Å². The van der Waals surface area contributed by atoms with Crippen LogP contribution in [0, 0.1) is 0 Å². The predicted molar refractivity (Wildman–Crippen MR) is 138 cm³/mol. The number of sulfone groups is 1. The molecule has 0 amide bonds. The van der Waals surface area contributed by atoms with E-state index >= 15 is 0 Å². The van der Waals surface area contributed by atoms with Crippen molar-refractivity contribution in [2.75, 3.05) is 19.3 Å². The maximum Gasteiger partial charge on any atom is 0.528 e. The molecule has 4 rings (SSSR count). The third-order valence-corrected chi connectivity index (χ3v) is 7.27. The second-order valence-corrected chi connectivity index (χ2v) is 12.2. The molecule has 1 saturated heterocycles. The van der Waals surface area contributed by atoms with Crippen LogP contribution in [-0.2, 0) is 19.4 Å². The minimum atomic E-state index is -3.37. The number of piperidine rings is 1. The molecule has 0 N–H and O–H groups in total. The fraction of sp³-hybridized carbons (Fsp3) is 0.357. The molecule has 2 atom stereocenters. The van der Waals surface area contributed by atoms with Crippen molar-refractivity contribution < 1.29 is 22.8 Å². The summed E-state index contributed by atoms with van der Waals surface area (Å²) < 4.78 is 29.4. The van der Waals surface area contributed by atoms with E-state index in [9.17, 15) is 13.2 Å². The first-order valence-electron chi connectivity index (χ1n) is 12.0. The highest BCUT2D eigenvalue weighted by molar-refractivity contribution is 7.90. The first-order valence-corrected chi connectivity index (χ1v) is 13.8. The van der Waals surface area contributed by atoms with Gasteiger partial charge in [0.15, 0.2) is 9.84 Å². The summed E-state index contributed by atoms with van der Waals surface area (Å²) in [4.78, 5) is 22.2. The molecular formula is C28H32N2O5S. The van der Waals surface area contributed by atoms with Gasteiger partial charge < -0.3 is 9.57 Å². The van der Waals surface area contributed by atoms with Crippen LogP contribution in [0.5, 0.6) is 0 Å². The lowest BCUT2D eigenvalue weighted by molar-refractivity contribution is -0.155. The van der Waals surface area contributed by atoms with Gasteiger partial charge in [0.25, 0.3) is 0 Å². The Labute approximate surface area is 213 Å². The highest BCUT2D eigenvalue weighted by Gasteiger charge is 2.34. The van der Waals surface area contributed by atoms with Crippen LogP contribution in [0.15, 0.2) is 78.0 Å². The zero-order chi connectivity index (χ0) is 25.9. The van der Waals surface area contributed by atoms with Gasteiger partial charge in [-0.15, -0.1) is 5.06 Å². The van der Waals surface area contributed by atoms with E-state index < -0.39 is 21.6 Å². The molecule has 0 unspecified atom stereocenters. The van der Waals surface area contributed by atoms with Crippen LogP contribution in [0.25, 0.3) is 11.1 Å². The van der Waals surface area contributed by atoms with Crippen LogP contribution in [0.2, 0.25) is 0 Å². The van der Waals surface area contributed by atoms with E-state index in [1.165, 1.54) is 18.0 Å².